The molecule has 0 amide bonds. The van der Waals surface area contributed by atoms with Crippen LogP contribution in [0.2, 0.25) is 0 Å². The third-order valence-electron chi connectivity index (χ3n) is 3.86. The molecule has 0 saturated carbocycles. The number of allylic oxidation sites excluding steroid dienone is 2. The summed E-state index contributed by atoms with van der Waals surface area (Å²) in [6.07, 6.45) is 2.68. The Labute approximate surface area is 169 Å². The molecule has 1 heterocycles. The van der Waals surface area contributed by atoms with E-state index in [-0.39, 0.29) is 0 Å². The highest BCUT2D eigenvalue weighted by Crippen LogP contribution is 2.41. The second kappa shape index (κ2) is 9.43. The van der Waals surface area contributed by atoms with E-state index in [9.17, 15) is 13.9 Å². The Hall–Kier alpha value is -3.36. The van der Waals surface area contributed by atoms with Gasteiger partial charge in [-0.1, -0.05) is 18.4 Å². The number of hydrogen-bond donors (Lipinski definition) is 2. The van der Waals surface area contributed by atoms with Crippen LogP contribution in [0.5, 0.6) is 0 Å². The van der Waals surface area contributed by atoms with E-state index in [4.69, 9.17) is 5.11 Å². The Morgan fingerprint density at radius 1 is 1.40 bits per heavy atom. The smallest absolute Gasteiger partial charge is 0.323 e. The molecule has 1 aromatic heterocycles. The lowest BCUT2D eigenvalue weighted by Gasteiger charge is -2.36. The molecule has 0 spiro atoms. The Bertz CT molecular complexity index is 1010. The molecule has 158 valence electrons. The van der Waals surface area contributed by atoms with Crippen LogP contribution in [-0.4, -0.2) is 48.2 Å². The van der Waals surface area contributed by atoms with E-state index in [1.807, 2.05) is 0 Å². The molecule has 0 radical (unpaired) electrons. The topological polar surface area (TPSA) is 96.4 Å². The Balaban J connectivity index is 2.57. The normalized spacial score (nSPS) is 15.4. The van der Waals surface area contributed by atoms with E-state index in [1.165, 1.54) is 6.92 Å². The third-order valence-corrected chi connectivity index (χ3v) is 3.86. The van der Waals surface area contributed by atoms with Crippen LogP contribution in [0.4, 0.5) is 17.6 Å². The zero-order valence-electron chi connectivity index (χ0n) is 15.7. The van der Waals surface area contributed by atoms with Gasteiger partial charge in [0.25, 0.3) is 0 Å². The van der Waals surface area contributed by atoms with Crippen molar-refractivity contribution in [1.29, 1.82) is 0 Å². The Kier molecular flexibility index (Phi) is 7.20. The van der Waals surface area contributed by atoms with Gasteiger partial charge in [-0.15, -0.1) is 5.10 Å². The number of aliphatic imine (C=N–C) groups is 1. The lowest BCUT2D eigenvalue weighted by atomic mass is 9.84. The number of tetrazole rings is 1. The van der Waals surface area contributed by atoms with Crippen molar-refractivity contribution in [2.45, 2.75) is 31.1 Å². The Morgan fingerprint density at radius 2 is 2.13 bits per heavy atom. The number of alkyl halides is 2. The molecule has 2 unspecified atom stereocenters. The van der Waals surface area contributed by atoms with E-state index >= 15 is 8.78 Å². The molecule has 0 fully saturated rings. The number of aromatic nitrogens is 4. The molecule has 0 bridgehead atoms. The van der Waals surface area contributed by atoms with Gasteiger partial charge in [-0.2, -0.15) is 8.78 Å². The van der Waals surface area contributed by atoms with Crippen molar-refractivity contribution in [3.63, 3.8) is 0 Å². The second-order valence-corrected chi connectivity index (χ2v) is 6.07. The maximum absolute atomic E-state index is 15.4. The first-order valence-electron chi connectivity index (χ1n) is 8.43. The highest BCUT2D eigenvalue weighted by Gasteiger charge is 2.58. The monoisotopic (exact) mass is 423 g/mol. The number of aliphatic hydroxyl groups is 2. The maximum atomic E-state index is 15.4. The quantitative estimate of drug-likeness (QED) is 0.404. The van der Waals surface area contributed by atoms with Crippen molar-refractivity contribution < 1.29 is 27.8 Å². The summed E-state index contributed by atoms with van der Waals surface area (Å²) in [6, 6.07) is 1.80. The number of rotatable bonds is 7. The molecule has 1 aromatic carbocycles. The number of nitrogens with zero attached hydrogens (tertiary/aromatic N) is 5. The number of hydrogen-bond acceptors (Lipinski definition) is 6. The molecular weight excluding hydrogens is 406 g/mol. The van der Waals surface area contributed by atoms with Gasteiger partial charge in [-0.25, -0.2) is 13.5 Å². The molecule has 0 aliphatic heterocycles. The van der Waals surface area contributed by atoms with Crippen LogP contribution in [0, 0.1) is 23.5 Å². The molecule has 2 N–H and O–H groups in total. The first-order chi connectivity index (χ1) is 14.1. The van der Waals surface area contributed by atoms with Gasteiger partial charge in [0.15, 0.2) is 5.60 Å². The molecule has 2 rings (SSSR count). The minimum Gasteiger partial charge on any atom is -0.381 e. The van der Waals surface area contributed by atoms with Gasteiger partial charge in [-0.05, 0) is 35.6 Å². The molecule has 0 aliphatic carbocycles. The summed E-state index contributed by atoms with van der Waals surface area (Å²) >= 11 is 0. The van der Waals surface area contributed by atoms with Crippen LogP contribution in [0.3, 0.4) is 0 Å². The number of aliphatic hydroxyl groups excluding tert-OH is 1. The molecule has 11 heteroatoms. The molecule has 2 atom stereocenters. The summed E-state index contributed by atoms with van der Waals surface area (Å²) in [4.78, 5) is 3.55. The summed E-state index contributed by atoms with van der Waals surface area (Å²) in [5, 5.41) is 30.0. The summed E-state index contributed by atoms with van der Waals surface area (Å²) in [6.45, 7) is 3.69. The summed E-state index contributed by atoms with van der Waals surface area (Å²) in [5.41, 5.74) is -5.17. The molecular formula is C19H17F4N5O2. The average Bonchev–Trinajstić information content (AvgIpc) is 3.16. The highest BCUT2D eigenvalue weighted by atomic mass is 19.3. The fourth-order valence-electron chi connectivity index (χ4n) is 2.46. The van der Waals surface area contributed by atoms with Crippen molar-refractivity contribution in [3.8, 4) is 11.8 Å². The summed E-state index contributed by atoms with van der Waals surface area (Å²) < 4.78 is 59.3. The fraction of sp³-hybridized carbons (Fsp3) is 0.263. The summed E-state index contributed by atoms with van der Waals surface area (Å²) in [5.74, 6) is -1.90. The van der Waals surface area contributed by atoms with Crippen LogP contribution in [0.25, 0.3) is 0 Å². The van der Waals surface area contributed by atoms with Crippen LogP contribution < -0.4 is 0 Å². The lowest BCUT2D eigenvalue weighted by molar-refractivity contribution is -0.154. The zero-order valence-corrected chi connectivity index (χ0v) is 15.7. The third kappa shape index (κ3) is 4.97. The van der Waals surface area contributed by atoms with Crippen molar-refractivity contribution in [3.05, 3.63) is 66.7 Å². The molecule has 0 saturated heterocycles. The number of benzene rings is 1. The van der Waals surface area contributed by atoms with Crippen molar-refractivity contribution in [2.24, 2.45) is 4.99 Å². The molecule has 30 heavy (non-hydrogen) atoms. The first kappa shape index (κ1) is 22.9. The highest BCUT2D eigenvalue weighted by molar-refractivity contribution is 6.01. The van der Waals surface area contributed by atoms with Crippen LogP contribution in [0.15, 0.2) is 54.4 Å². The van der Waals surface area contributed by atoms with E-state index in [0.717, 1.165) is 29.4 Å². The molecule has 7 nitrogen and oxygen atoms in total. The van der Waals surface area contributed by atoms with Gasteiger partial charge in [0.05, 0.1) is 6.54 Å². The summed E-state index contributed by atoms with van der Waals surface area (Å²) in [7, 11) is 0. The van der Waals surface area contributed by atoms with Gasteiger partial charge >= 0.3 is 5.92 Å². The largest absolute Gasteiger partial charge is 0.381 e. The van der Waals surface area contributed by atoms with Gasteiger partial charge in [-0.3, -0.25) is 4.99 Å². The van der Waals surface area contributed by atoms with Crippen LogP contribution >= 0.6 is 0 Å². The lowest BCUT2D eigenvalue weighted by Crippen LogP contribution is -2.53. The predicted molar refractivity (Wildman–Crippen MR) is 99.2 cm³/mol. The van der Waals surface area contributed by atoms with E-state index in [1.54, 1.807) is 0 Å². The average molecular weight is 423 g/mol. The minimum absolute atomic E-state index is 0.367. The second-order valence-electron chi connectivity index (χ2n) is 6.07. The first-order valence-corrected chi connectivity index (χ1v) is 8.43. The fourth-order valence-corrected chi connectivity index (χ4v) is 2.46. The zero-order chi connectivity index (χ0) is 22.4. The van der Waals surface area contributed by atoms with Crippen molar-refractivity contribution in [2.75, 3.05) is 0 Å². The van der Waals surface area contributed by atoms with Crippen molar-refractivity contribution in [1.82, 2.24) is 20.2 Å². The maximum Gasteiger partial charge on any atom is 0.323 e. The minimum atomic E-state index is -4.22. The van der Waals surface area contributed by atoms with Crippen molar-refractivity contribution >= 4 is 5.71 Å². The standard InChI is InChI=1S/C19H17F4N5O2/c1-3-17(24-9-5-4-6-13(2)29)19(22,23)18(30,11-28-12-25-26-27-28)15-8-7-14(20)10-16(15)21/h3,5,7-10,12-13,29-30H,1,11H2,2H3/b9-5+,24-17+. The molecule has 0 aliphatic rings. The van der Waals surface area contributed by atoms with Gasteiger partial charge < -0.3 is 10.2 Å². The van der Waals surface area contributed by atoms with Gasteiger partial charge in [0, 0.05) is 23.9 Å². The number of halogens is 4. The van der Waals surface area contributed by atoms with Crippen LogP contribution in [0.1, 0.15) is 12.5 Å². The van der Waals surface area contributed by atoms with E-state index in [0.29, 0.717) is 18.2 Å². The van der Waals surface area contributed by atoms with E-state index in [2.05, 4.69) is 38.9 Å². The van der Waals surface area contributed by atoms with Crippen LogP contribution in [-0.2, 0) is 12.1 Å². The van der Waals surface area contributed by atoms with Gasteiger partial charge in [0.2, 0.25) is 0 Å². The Morgan fingerprint density at radius 3 is 2.70 bits per heavy atom. The van der Waals surface area contributed by atoms with Gasteiger partial charge in [0.1, 0.15) is 29.8 Å². The molecule has 2 aromatic rings. The predicted octanol–water partition coefficient (Wildman–Crippen LogP) is 2.00. The SMILES string of the molecule is C=C/C(=N\C=C\C#CC(C)O)C(F)(F)C(O)(Cn1cnnn1)c1ccc(F)cc1F. The van der Waals surface area contributed by atoms with E-state index < -0.39 is 47.1 Å².